The van der Waals surface area contributed by atoms with Gasteiger partial charge < -0.3 is 5.11 Å². The first-order chi connectivity index (χ1) is 5.97. The van der Waals surface area contributed by atoms with Gasteiger partial charge in [-0.1, -0.05) is 17.5 Å². The molecule has 1 N–H and O–H groups in total. The summed E-state index contributed by atoms with van der Waals surface area (Å²) in [7, 11) is 0. The molecule has 0 fully saturated rings. The van der Waals surface area contributed by atoms with Crippen molar-refractivity contribution in [3.05, 3.63) is 28.5 Å². The number of aromatic nitrogens is 1. The van der Waals surface area contributed by atoms with Crippen molar-refractivity contribution in [1.29, 1.82) is 0 Å². The van der Waals surface area contributed by atoms with Crippen LogP contribution in [0.4, 0.5) is 0 Å². The molecule has 13 heavy (non-hydrogen) atoms. The van der Waals surface area contributed by atoms with Crippen LogP contribution in [0.3, 0.4) is 0 Å². The highest BCUT2D eigenvalue weighted by atomic mass is 35.5. The number of rotatable bonds is 1. The normalized spacial score (nSPS) is 14.7. The Bertz CT molecular complexity index is 366. The molecular weight excluding hydrogens is 186 g/mol. The van der Waals surface area contributed by atoms with Gasteiger partial charge in [-0.3, -0.25) is 0 Å². The summed E-state index contributed by atoms with van der Waals surface area (Å²) in [6.45, 7) is 3.35. The molecule has 0 bridgehead atoms. The van der Waals surface area contributed by atoms with Gasteiger partial charge in [-0.25, -0.2) is 4.98 Å². The van der Waals surface area contributed by atoms with Crippen molar-refractivity contribution in [3.63, 3.8) is 0 Å². The predicted molar refractivity (Wildman–Crippen MR) is 52.4 cm³/mol. The zero-order chi connectivity index (χ0) is 10.1. The van der Waals surface area contributed by atoms with Gasteiger partial charge in [0.1, 0.15) is 10.8 Å². The molecule has 3 heteroatoms. The van der Waals surface area contributed by atoms with Gasteiger partial charge >= 0.3 is 0 Å². The standard InChI is InChI=1S/C10H10ClNO/c1-4-10(3,13)8-5-7(2)9(11)12-6-8/h1,5-6,13H,2-3H3/t10-/m1/s1. The van der Waals surface area contributed by atoms with Crippen LogP contribution in [0.25, 0.3) is 0 Å². The van der Waals surface area contributed by atoms with Crippen molar-refractivity contribution in [2.75, 3.05) is 0 Å². The Morgan fingerprint density at radius 2 is 2.31 bits per heavy atom. The molecule has 0 spiro atoms. The smallest absolute Gasteiger partial charge is 0.149 e. The summed E-state index contributed by atoms with van der Waals surface area (Å²) in [5, 5.41) is 10.1. The molecule has 2 nitrogen and oxygen atoms in total. The van der Waals surface area contributed by atoms with E-state index in [2.05, 4.69) is 10.9 Å². The summed E-state index contributed by atoms with van der Waals surface area (Å²) in [5.41, 5.74) is 0.106. The molecule has 0 saturated heterocycles. The quantitative estimate of drug-likeness (QED) is 0.549. The van der Waals surface area contributed by atoms with Crippen LogP contribution < -0.4 is 0 Å². The minimum Gasteiger partial charge on any atom is -0.374 e. The van der Waals surface area contributed by atoms with Crippen LogP contribution in [0, 0.1) is 19.3 Å². The molecule has 0 aliphatic rings. The molecule has 0 aliphatic heterocycles. The lowest BCUT2D eigenvalue weighted by Crippen LogP contribution is -2.18. The summed E-state index contributed by atoms with van der Waals surface area (Å²) in [6.07, 6.45) is 6.65. The lowest BCUT2D eigenvalue weighted by Gasteiger charge is -2.16. The van der Waals surface area contributed by atoms with Gasteiger partial charge in [0, 0.05) is 11.8 Å². The second kappa shape index (κ2) is 3.37. The molecule has 1 aromatic rings. The van der Waals surface area contributed by atoms with Crippen LogP contribution >= 0.6 is 11.6 Å². The van der Waals surface area contributed by atoms with Crippen LogP contribution in [-0.4, -0.2) is 10.1 Å². The second-order valence-electron chi connectivity index (χ2n) is 3.05. The first kappa shape index (κ1) is 10.0. The third-order valence-corrected chi connectivity index (χ3v) is 2.25. The van der Waals surface area contributed by atoms with Gasteiger partial charge in [0.2, 0.25) is 0 Å². The highest BCUT2D eigenvalue weighted by molar-refractivity contribution is 6.30. The number of aliphatic hydroxyl groups is 1. The fourth-order valence-corrected chi connectivity index (χ4v) is 1.01. The summed E-state index contributed by atoms with van der Waals surface area (Å²) in [5.74, 6) is 2.28. The molecule has 1 heterocycles. The SMILES string of the molecule is C#C[C@@](C)(O)c1cnc(Cl)c(C)c1. The van der Waals surface area contributed by atoms with E-state index < -0.39 is 5.60 Å². The number of hydrogen-bond donors (Lipinski definition) is 1. The Morgan fingerprint density at radius 3 is 2.77 bits per heavy atom. The van der Waals surface area contributed by atoms with E-state index in [9.17, 15) is 5.11 Å². The minimum absolute atomic E-state index is 0.427. The first-order valence-corrected chi connectivity index (χ1v) is 4.18. The molecule has 0 amide bonds. The van der Waals surface area contributed by atoms with E-state index in [1.54, 1.807) is 6.07 Å². The third kappa shape index (κ3) is 2.00. The lowest BCUT2D eigenvalue weighted by molar-refractivity contribution is 0.122. The van der Waals surface area contributed by atoms with E-state index in [0.29, 0.717) is 10.7 Å². The summed E-state index contributed by atoms with van der Waals surface area (Å²) in [6, 6.07) is 1.73. The predicted octanol–water partition coefficient (Wildman–Crippen LogP) is 1.88. The van der Waals surface area contributed by atoms with Crippen molar-refractivity contribution in [1.82, 2.24) is 4.98 Å². The van der Waals surface area contributed by atoms with Crippen molar-refractivity contribution in [2.24, 2.45) is 0 Å². The van der Waals surface area contributed by atoms with E-state index in [0.717, 1.165) is 5.56 Å². The van der Waals surface area contributed by atoms with Crippen LogP contribution in [0.15, 0.2) is 12.3 Å². The fourth-order valence-electron chi connectivity index (χ4n) is 0.908. The summed E-state index contributed by atoms with van der Waals surface area (Å²) < 4.78 is 0. The minimum atomic E-state index is -1.28. The molecule has 0 saturated carbocycles. The summed E-state index contributed by atoms with van der Waals surface area (Å²) in [4.78, 5) is 3.90. The van der Waals surface area contributed by atoms with E-state index >= 15 is 0 Å². The number of terminal acetylenes is 1. The number of hydrogen-bond acceptors (Lipinski definition) is 2. The van der Waals surface area contributed by atoms with Crippen LogP contribution in [0.5, 0.6) is 0 Å². The molecular formula is C10H10ClNO. The maximum Gasteiger partial charge on any atom is 0.149 e. The van der Waals surface area contributed by atoms with Crippen LogP contribution in [-0.2, 0) is 5.60 Å². The highest BCUT2D eigenvalue weighted by Gasteiger charge is 2.20. The number of pyridine rings is 1. The van der Waals surface area contributed by atoms with Gasteiger partial charge in [0.15, 0.2) is 0 Å². The van der Waals surface area contributed by atoms with Crippen molar-refractivity contribution in [3.8, 4) is 12.3 Å². The largest absolute Gasteiger partial charge is 0.374 e. The molecule has 1 aromatic heterocycles. The Balaban J connectivity index is 3.20. The molecule has 0 aromatic carbocycles. The second-order valence-corrected chi connectivity index (χ2v) is 3.41. The van der Waals surface area contributed by atoms with Crippen molar-refractivity contribution >= 4 is 11.6 Å². The van der Waals surface area contributed by atoms with Crippen LogP contribution in [0.1, 0.15) is 18.1 Å². The Labute approximate surface area is 82.6 Å². The highest BCUT2D eigenvalue weighted by Crippen LogP contribution is 2.22. The summed E-state index contributed by atoms with van der Waals surface area (Å²) >= 11 is 5.73. The Morgan fingerprint density at radius 1 is 1.69 bits per heavy atom. The molecule has 1 rings (SSSR count). The fraction of sp³-hybridized carbons (Fsp3) is 0.300. The number of nitrogens with zero attached hydrogens (tertiary/aromatic N) is 1. The Kier molecular flexibility index (Phi) is 2.60. The van der Waals surface area contributed by atoms with Gasteiger partial charge in [-0.15, -0.1) is 6.42 Å². The van der Waals surface area contributed by atoms with E-state index in [1.165, 1.54) is 13.1 Å². The maximum atomic E-state index is 9.69. The monoisotopic (exact) mass is 195 g/mol. The lowest BCUT2D eigenvalue weighted by atomic mass is 9.98. The topological polar surface area (TPSA) is 33.1 Å². The van der Waals surface area contributed by atoms with E-state index in [4.69, 9.17) is 18.0 Å². The van der Waals surface area contributed by atoms with Crippen molar-refractivity contribution in [2.45, 2.75) is 19.4 Å². The maximum absolute atomic E-state index is 9.69. The molecule has 0 aliphatic carbocycles. The molecule has 68 valence electrons. The zero-order valence-electron chi connectivity index (χ0n) is 7.50. The zero-order valence-corrected chi connectivity index (χ0v) is 8.26. The Hall–Kier alpha value is -1.04. The molecule has 1 atom stereocenters. The average molecular weight is 196 g/mol. The van der Waals surface area contributed by atoms with Gasteiger partial charge in [-0.05, 0) is 25.5 Å². The van der Waals surface area contributed by atoms with E-state index in [-0.39, 0.29) is 0 Å². The van der Waals surface area contributed by atoms with E-state index in [1.807, 2.05) is 6.92 Å². The number of aryl methyl sites for hydroxylation is 1. The van der Waals surface area contributed by atoms with Gasteiger partial charge in [-0.2, -0.15) is 0 Å². The molecule has 0 unspecified atom stereocenters. The van der Waals surface area contributed by atoms with Crippen LogP contribution in [0.2, 0.25) is 5.15 Å². The van der Waals surface area contributed by atoms with Gasteiger partial charge in [0.25, 0.3) is 0 Å². The van der Waals surface area contributed by atoms with Gasteiger partial charge in [0.05, 0.1) is 0 Å². The average Bonchev–Trinajstić information content (AvgIpc) is 2.09. The van der Waals surface area contributed by atoms with Crippen molar-refractivity contribution < 1.29 is 5.11 Å². The molecule has 0 radical (unpaired) electrons. The first-order valence-electron chi connectivity index (χ1n) is 3.80. The third-order valence-electron chi connectivity index (χ3n) is 1.86. The number of halogens is 1.